The smallest absolute Gasteiger partial charge is 0.238 e. The fraction of sp³-hybridized carbons (Fsp3) is 0.680. The highest BCUT2D eigenvalue weighted by Gasteiger charge is 2.30. The molecule has 2 saturated heterocycles. The van der Waals surface area contributed by atoms with Gasteiger partial charge in [-0.1, -0.05) is 32.3 Å². The molecule has 2 fully saturated rings. The molecule has 1 aromatic rings. The Hall–Kier alpha value is -2.01. The van der Waals surface area contributed by atoms with Crippen molar-refractivity contribution >= 4 is 5.91 Å². The van der Waals surface area contributed by atoms with E-state index in [1.165, 1.54) is 31.7 Å². The Bertz CT molecular complexity index is 787. The van der Waals surface area contributed by atoms with Gasteiger partial charge in [-0.2, -0.15) is 5.26 Å². The van der Waals surface area contributed by atoms with Crippen LogP contribution in [0.4, 0.5) is 4.39 Å². The number of hydrogen-bond acceptors (Lipinski definition) is 5. The van der Waals surface area contributed by atoms with Crippen LogP contribution in [0, 0.1) is 23.1 Å². The average Bonchev–Trinajstić information content (AvgIpc) is 2.80. The van der Waals surface area contributed by atoms with Crippen molar-refractivity contribution in [1.82, 2.24) is 20.9 Å². The Morgan fingerprint density at radius 3 is 2.81 bits per heavy atom. The summed E-state index contributed by atoms with van der Waals surface area (Å²) in [5, 5.41) is 19.1. The van der Waals surface area contributed by atoms with Crippen LogP contribution in [0.25, 0.3) is 0 Å². The number of piperidine rings is 1. The van der Waals surface area contributed by atoms with Gasteiger partial charge in [0.1, 0.15) is 11.9 Å². The maximum Gasteiger partial charge on any atom is 0.238 e. The molecule has 3 rings (SSSR count). The third-order valence-corrected chi connectivity index (χ3v) is 6.82. The van der Waals surface area contributed by atoms with Crippen molar-refractivity contribution in [3.05, 3.63) is 35.1 Å². The molecule has 2 aliphatic rings. The van der Waals surface area contributed by atoms with E-state index in [1.54, 1.807) is 12.1 Å². The first-order valence-electron chi connectivity index (χ1n) is 12.2. The molecule has 4 unspecified atom stereocenters. The van der Waals surface area contributed by atoms with Crippen LogP contribution >= 0.6 is 0 Å². The number of carbonyl (C=O) groups excluding carboxylic acids is 1. The highest BCUT2D eigenvalue weighted by atomic mass is 19.1. The molecule has 0 aromatic heterocycles. The molecule has 0 radical (unpaired) electrons. The van der Waals surface area contributed by atoms with Crippen molar-refractivity contribution < 1.29 is 9.18 Å². The van der Waals surface area contributed by atoms with E-state index in [1.807, 2.05) is 6.07 Å². The number of nitrogens with zero attached hydrogens (tertiary/aromatic N) is 2. The largest absolute Gasteiger partial charge is 0.339 e. The minimum absolute atomic E-state index is 0.00850. The molecule has 176 valence electrons. The summed E-state index contributed by atoms with van der Waals surface area (Å²) in [6, 6.07) is 6.54. The third-order valence-electron chi connectivity index (χ3n) is 6.82. The minimum atomic E-state index is -0.467. The molecule has 0 spiro atoms. The van der Waals surface area contributed by atoms with Crippen LogP contribution in [0.5, 0.6) is 0 Å². The topological polar surface area (TPSA) is 80.2 Å². The van der Waals surface area contributed by atoms with E-state index in [0.29, 0.717) is 5.92 Å². The molecule has 0 saturated carbocycles. The summed E-state index contributed by atoms with van der Waals surface area (Å²) in [6.45, 7) is 7.23. The number of rotatable bonds is 9. The van der Waals surface area contributed by atoms with Crippen molar-refractivity contribution in [2.24, 2.45) is 5.92 Å². The molecule has 0 bridgehead atoms. The van der Waals surface area contributed by atoms with Crippen LogP contribution in [0.15, 0.2) is 18.2 Å². The second-order valence-electron chi connectivity index (χ2n) is 9.32. The molecular weight excluding hydrogens is 405 g/mol. The number of benzene rings is 1. The molecule has 1 amide bonds. The van der Waals surface area contributed by atoms with Crippen molar-refractivity contribution in [1.29, 1.82) is 5.26 Å². The lowest BCUT2D eigenvalue weighted by atomic mass is 9.90. The van der Waals surface area contributed by atoms with E-state index in [-0.39, 0.29) is 29.8 Å². The summed E-state index contributed by atoms with van der Waals surface area (Å²) in [6.07, 6.45) is 8.75. The first kappa shape index (κ1) is 24.6. The van der Waals surface area contributed by atoms with Crippen molar-refractivity contribution in [2.75, 3.05) is 19.6 Å². The van der Waals surface area contributed by atoms with Gasteiger partial charge in [0.2, 0.25) is 5.91 Å². The van der Waals surface area contributed by atoms with Gasteiger partial charge >= 0.3 is 0 Å². The standard InChI is InChI=1S/C25H38FN5O/c1-3-4-5-6-12-31-13-11-23(29-18(31)2)25(32)30-24-10-8-20(17-28-24)14-19-7-9-22(26)21(15-19)16-27/h7,9,15,18,20,23-24,28-29H,3-6,8,10-14,17H2,1-2H3,(H,30,32). The fourth-order valence-corrected chi connectivity index (χ4v) is 4.83. The van der Waals surface area contributed by atoms with E-state index in [2.05, 4.69) is 34.7 Å². The maximum absolute atomic E-state index is 13.5. The predicted octanol–water partition coefficient (Wildman–Crippen LogP) is 3.27. The van der Waals surface area contributed by atoms with Crippen LogP contribution in [-0.4, -0.2) is 48.8 Å². The van der Waals surface area contributed by atoms with Gasteiger partial charge < -0.3 is 5.32 Å². The molecule has 32 heavy (non-hydrogen) atoms. The van der Waals surface area contributed by atoms with E-state index in [4.69, 9.17) is 5.26 Å². The second-order valence-corrected chi connectivity index (χ2v) is 9.32. The summed E-state index contributed by atoms with van der Waals surface area (Å²) in [5.74, 6) is 0.0240. The van der Waals surface area contributed by atoms with Gasteiger partial charge in [0.15, 0.2) is 0 Å². The van der Waals surface area contributed by atoms with Crippen LogP contribution in [0.2, 0.25) is 0 Å². The summed E-state index contributed by atoms with van der Waals surface area (Å²) >= 11 is 0. The highest BCUT2D eigenvalue weighted by Crippen LogP contribution is 2.20. The number of amides is 1. The Balaban J connectivity index is 1.38. The summed E-state index contributed by atoms with van der Waals surface area (Å²) in [7, 11) is 0. The van der Waals surface area contributed by atoms with Gasteiger partial charge in [-0.15, -0.1) is 0 Å². The van der Waals surface area contributed by atoms with Gasteiger partial charge in [0.05, 0.1) is 23.9 Å². The van der Waals surface area contributed by atoms with E-state index in [9.17, 15) is 9.18 Å². The zero-order valence-electron chi connectivity index (χ0n) is 19.5. The van der Waals surface area contributed by atoms with Crippen molar-refractivity contribution in [2.45, 2.75) is 83.6 Å². The molecule has 7 heteroatoms. The number of nitrogens with one attached hydrogen (secondary N) is 3. The van der Waals surface area contributed by atoms with Crippen LogP contribution in [-0.2, 0) is 11.2 Å². The molecule has 2 aliphatic heterocycles. The zero-order valence-corrected chi connectivity index (χ0v) is 19.5. The first-order valence-corrected chi connectivity index (χ1v) is 12.2. The lowest BCUT2D eigenvalue weighted by Gasteiger charge is -2.39. The molecule has 1 aromatic carbocycles. The van der Waals surface area contributed by atoms with E-state index >= 15 is 0 Å². The second kappa shape index (κ2) is 12.3. The summed E-state index contributed by atoms with van der Waals surface area (Å²) in [4.78, 5) is 15.2. The normalized spacial score (nSPS) is 26.4. The van der Waals surface area contributed by atoms with Crippen molar-refractivity contribution in [3.63, 3.8) is 0 Å². The van der Waals surface area contributed by atoms with Crippen LogP contribution in [0.3, 0.4) is 0 Å². The van der Waals surface area contributed by atoms with Gasteiger partial charge in [0.25, 0.3) is 0 Å². The SMILES string of the molecule is CCCCCCN1CCC(C(=O)NC2CCC(Cc3ccc(F)c(C#N)c3)CN2)NC1C. The monoisotopic (exact) mass is 443 g/mol. The Labute approximate surface area is 191 Å². The number of hydrogen-bond donors (Lipinski definition) is 3. The van der Waals surface area contributed by atoms with Crippen LogP contribution < -0.4 is 16.0 Å². The fourth-order valence-electron chi connectivity index (χ4n) is 4.83. The Morgan fingerprint density at radius 2 is 2.12 bits per heavy atom. The third kappa shape index (κ3) is 6.99. The lowest BCUT2D eigenvalue weighted by molar-refractivity contribution is -0.126. The molecule has 6 nitrogen and oxygen atoms in total. The van der Waals surface area contributed by atoms with Crippen molar-refractivity contribution in [3.8, 4) is 6.07 Å². The van der Waals surface area contributed by atoms with Gasteiger partial charge in [-0.3, -0.25) is 20.3 Å². The van der Waals surface area contributed by atoms with Gasteiger partial charge in [-0.05, 0) is 69.2 Å². The predicted molar refractivity (Wildman–Crippen MR) is 124 cm³/mol. The quantitative estimate of drug-likeness (QED) is 0.511. The maximum atomic E-state index is 13.5. The van der Waals surface area contributed by atoms with E-state index in [0.717, 1.165) is 50.9 Å². The molecular formula is C25H38FN5O. The molecule has 0 aliphatic carbocycles. The minimum Gasteiger partial charge on any atom is -0.339 e. The van der Waals surface area contributed by atoms with Crippen LogP contribution in [0.1, 0.15) is 69.9 Å². The number of unbranched alkanes of at least 4 members (excludes halogenated alkanes) is 3. The number of halogens is 1. The Kier molecular flexibility index (Phi) is 9.46. The molecule has 3 N–H and O–H groups in total. The highest BCUT2D eigenvalue weighted by molar-refractivity contribution is 5.82. The van der Waals surface area contributed by atoms with E-state index < -0.39 is 5.82 Å². The lowest BCUT2D eigenvalue weighted by Crippen LogP contribution is -2.61. The van der Waals surface area contributed by atoms with Gasteiger partial charge in [0, 0.05) is 13.1 Å². The molecule has 2 heterocycles. The first-order chi connectivity index (χ1) is 15.5. The zero-order chi connectivity index (χ0) is 22.9. The van der Waals surface area contributed by atoms with Gasteiger partial charge in [-0.25, -0.2) is 4.39 Å². The summed E-state index contributed by atoms with van der Waals surface area (Å²) < 4.78 is 13.5. The number of carbonyl (C=O) groups is 1. The average molecular weight is 444 g/mol. The molecule has 4 atom stereocenters. The Morgan fingerprint density at radius 1 is 1.28 bits per heavy atom. The summed E-state index contributed by atoms with van der Waals surface area (Å²) in [5.41, 5.74) is 1.09. The number of nitriles is 1.